The molecule has 0 amide bonds. The highest BCUT2D eigenvalue weighted by Crippen LogP contribution is 2.13. The van der Waals surface area contributed by atoms with Crippen molar-refractivity contribution in [2.24, 2.45) is 0 Å². The number of benzene rings is 1. The summed E-state index contributed by atoms with van der Waals surface area (Å²) < 4.78 is 3.20. The van der Waals surface area contributed by atoms with Crippen LogP contribution in [0.1, 0.15) is 12.5 Å². The van der Waals surface area contributed by atoms with Crippen LogP contribution in [0.15, 0.2) is 24.3 Å². The zero-order valence-electron chi connectivity index (χ0n) is 6.92. The second kappa shape index (κ2) is 4.29. The lowest BCUT2D eigenvalue weighted by Crippen LogP contribution is -1.86. The van der Waals surface area contributed by atoms with Gasteiger partial charge in [-0.2, -0.15) is 0 Å². The topological polar surface area (TPSA) is 12.0 Å². The summed E-state index contributed by atoms with van der Waals surface area (Å²) in [6, 6.07) is 8.48. The van der Waals surface area contributed by atoms with E-state index >= 15 is 0 Å². The predicted molar refractivity (Wildman–Crippen MR) is 53.0 cm³/mol. The minimum atomic E-state index is 1.10. The molecule has 0 aliphatic carbocycles. The summed E-state index contributed by atoms with van der Waals surface area (Å²) in [6.45, 7) is 2.16. The zero-order valence-corrected chi connectivity index (χ0v) is 7.74. The number of anilines is 1. The van der Waals surface area contributed by atoms with Crippen molar-refractivity contribution < 1.29 is 0 Å². The Morgan fingerprint density at radius 2 is 2.27 bits per heavy atom. The van der Waals surface area contributed by atoms with E-state index < -0.39 is 0 Å². The van der Waals surface area contributed by atoms with Crippen LogP contribution in [0.5, 0.6) is 0 Å². The van der Waals surface area contributed by atoms with Crippen molar-refractivity contribution in [2.75, 3.05) is 11.0 Å². The van der Waals surface area contributed by atoms with E-state index in [1.54, 1.807) is 11.9 Å². The SMILES string of the molecule is CCc1cccc(NSC)c1. The van der Waals surface area contributed by atoms with Crippen molar-refractivity contribution in [3.63, 3.8) is 0 Å². The Bertz CT molecular complexity index is 223. The zero-order chi connectivity index (χ0) is 8.10. The maximum absolute atomic E-state index is 3.20. The smallest absolute Gasteiger partial charge is 0.0442 e. The highest BCUT2D eigenvalue weighted by Gasteiger charge is 1.90. The summed E-state index contributed by atoms with van der Waals surface area (Å²) >= 11 is 1.62. The average molecular weight is 167 g/mol. The van der Waals surface area contributed by atoms with Crippen LogP contribution in [0.25, 0.3) is 0 Å². The minimum Gasteiger partial charge on any atom is -0.330 e. The number of rotatable bonds is 3. The largest absolute Gasteiger partial charge is 0.330 e. The first kappa shape index (κ1) is 8.47. The molecule has 0 heterocycles. The van der Waals surface area contributed by atoms with E-state index in [2.05, 4.69) is 35.9 Å². The average Bonchev–Trinajstić information content (AvgIpc) is 2.06. The highest BCUT2D eigenvalue weighted by atomic mass is 32.2. The van der Waals surface area contributed by atoms with E-state index in [-0.39, 0.29) is 0 Å². The van der Waals surface area contributed by atoms with E-state index in [0.29, 0.717) is 0 Å². The Morgan fingerprint density at radius 1 is 1.45 bits per heavy atom. The van der Waals surface area contributed by atoms with Crippen molar-refractivity contribution >= 4 is 17.6 Å². The summed E-state index contributed by atoms with van der Waals surface area (Å²) in [4.78, 5) is 0. The Labute approximate surface area is 72.3 Å². The van der Waals surface area contributed by atoms with E-state index in [4.69, 9.17) is 0 Å². The van der Waals surface area contributed by atoms with Gasteiger partial charge in [-0.05, 0) is 24.1 Å². The van der Waals surface area contributed by atoms with Crippen molar-refractivity contribution in [3.05, 3.63) is 29.8 Å². The van der Waals surface area contributed by atoms with Crippen LogP contribution in [-0.4, -0.2) is 6.26 Å². The Hall–Kier alpha value is -0.630. The fraction of sp³-hybridized carbons (Fsp3) is 0.333. The Kier molecular flexibility index (Phi) is 3.30. The summed E-state index contributed by atoms with van der Waals surface area (Å²) in [7, 11) is 0. The van der Waals surface area contributed by atoms with Crippen LogP contribution in [-0.2, 0) is 6.42 Å². The lowest BCUT2D eigenvalue weighted by molar-refractivity contribution is 1.14. The van der Waals surface area contributed by atoms with E-state index in [9.17, 15) is 0 Å². The quantitative estimate of drug-likeness (QED) is 0.695. The van der Waals surface area contributed by atoms with Crippen molar-refractivity contribution in [2.45, 2.75) is 13.3 Å². The second-order valence-electron chi connectivity index (χ2n) is 2.36. The molecule has 1 aromatic rings. The second-order valence-corrected chi connectivity index (χ2v) is 2.97. The highest BCUT2D eigenvalue weighted by molar-refractivity contribution is 7.99. The van der Waals surface area contributed by atoms with Gasteiger partial charge in [-0.1, -0.05) is 31.0 Å². The Morgan fingerprint density at radius 3 is 2.91 bits per heavy atom. The number of hydrogen-bond acceptors (Lipinski definition) is 2. The predicted octanol–water partition coefficient (Wildman–Crippen LogP) is 2.94. The van der Waals surface area contributed by atoms with Crippen LogP contribution < -0.4 is 4.72 Å². The van der Waals surface area contributed by atoms with Crippen LogP contribution in [0, 0.1) is 0 Å². The number of nitrogens with one attached hydrogen (secondary N) is 1. The first-order valence-corrected chi connectivity index (χ1v) is 4.97. The van der Waals surface area contributed by atoms with E-state index in [1.165, 1.54) is 11.3 Å². The molecule has 1 nitrogen and oxygen atoms in total. The molecule has 2 heteroatoms. The van der Waals surface area contributed by atoms with Crippen LogP contribution >= 0.6 is 11.9 Å². The Balaban J connectivity index is 2.74. The molecule has 0 fully saturated rings. The third kappa shape index (κ3) is 2.46. The molecule has 0 aromatic heterocycles. The van der Waals surface area contributed by atoms with Gasteiger partial charge in [-0.15, -0.1) is 0 Å². The van der Waals surface area contributed by atoms with Crippen molar-refractivity contribution in [1.29, 1.82) is 0 Å². The van der Waals surface area contributed by atoms with Gasteiger partial charge in [0.2, 0.25) is 0 Å². The van der Waals surface area contributed by atoms with Gasteiger partial charge in [0.25, 0.3) is 0 Å². The van der Waals surface area contributed by atoms with Gasteiger partial charge in [-0.3, -0.25) is 0 Å². The molecule has 1 aromatic carbocycles. The van der Waals surface area contributed by atoms with E-state index in [1.807, 2.05) is 6.26 Å². The molecule has 11 heavy (non-hydrogen) atoms. The third-order valence-electron chi connectivity index (χ3n) is 1.56. The summed E-state index contributed by atoms with van der Waals surface area (Å²) in [6.07, 6.45) is 3.13. The molecule has 0 aliphatic heterocycles. The molecule has 0 saturated carbocycles. The molecule has 1 rings (SSSR count). The normalized spacial score (nSPS) is 9.64. The molecule has 0 atom stereocenters. The van der Waals surface area contributed by atoms with Crippen molar-refractivity contribution in [1.82, 2.24) is 0 Å². The molecule has 0 radical (unpaired) electrons. The third-order valence-corrected chi connectivity index (χ3v) is 1.99. The molecular weight excluding hydrogens is 154 g/mol. The van der Waals surface area contributed by atoms with E-state index in [0.717, 1.165) is 6.42 Å². The molecular formula is C9H13NS. The van der Waals surface area contributed by atoms with Gasteiger partial charge in [-0.25, -0.2) is 0 Å². The van der Waals surface area contributed by atoms with Gasteiger partial charge in [0.1, 0.15) is 0 Å². The van der Waals surface area contributed by atoms with Gasteiger partial charge in [0.15, 0.2) is 0 Å². The van der Waals surface area contributed by atoms with Gasteiger partial charge in [0, 0.05) is 11.9 Å². The first-order valence-electron chi connectivity index (χ1n) is 3.74. The monoisotopic (exact) mass is 167 g/mol. The van der Waals surface area contributed by atoms with Gasteiger partial charge < -0.3 is 4.72 Å². The van der Waals surface area contributed by atoms with Crippen LogP contribution in [0.2, 0.25) is 0 Å². The maximum atomic E-state index is 3.20. The number of aryl methyl sites for hydroxylation is 1. The minimum absolute atomic E-state index is 1.10. The molecule has 0 aliphatic rings. The molecule has 60 valence electrons. The fourth-order valence-electron chi connectivity index (χ4n) is 0.973. The van der Waals surface area contributed by atoms with Crippen molar-refractivity contribution in [3.8, 4) is 0 Å². The fourth-order valence-corrected chi connectivity index (χ4v) is 1.34. The summed E-state index contributed by atoms with van der Waals surface area (Å²) in [5.41, 5.74) is 2.57. The lowest BCUT2D eigenvalue weighted by atomic mass is 10.1. The molecule has 0 spiro atoms. The number of hydrogen-bond donors (Lipinski definition) is 1. The summed E-state index contributed by atoms with van der Waals surface area (Å²) in [5, 5.41) is 0. The lowest BCUT2D eigenvalue weighted by Gasteiger charge is -2.02. The molecule has 1 N–H and O–H groups in total. The summed E-state index contributed by atoms with van der Waals surface area (Å²) in [5.74, 6) is 0. The standard InChI is InChI=1S/C9H13NS/c1-3-8-5-4-6-9(7-8)10-11-2/h4-7,10H,3H2,1-2H3. The first-order chi connectivity index (χ1) is 5.36. The van der Waals surface area contributed by atoms with Crippen LogP contribution in [0.3, 0.4) is 0 Å². The molecule has 0 unspecified atom stereocenters. The molecule has 0 bridgehead atoms. The maximum Gasteiger partial charge on any atom is 0.0442 e. The van der Waals surface area contributed by atoms with Crippen LogP contribution in [0.4, 0.5) is 5.69 Å². The van der Waals surface area contributed by atoms with Gasteiger partial charge in [0.05, 0.1) is 0 Å². The van der Waals surface area contributed by atoms with Gasteiger partial charge >= 0.3 is 0 Å². The molecule has 0 saturated heterocycles.